The highest BCUT2D eigenvalue weighted by molar-refractivity contribution is 7.15. The van der Waals surface area contributed by atoms with Gasteiger partial charge in [-0.05, 0) is 41.6 Å². The fourth-order valence-corrected chi connectivity index (χ4v) is 3.93. The van der Waals surface area contributed by atoms with E-state index in [9.17, 15) is 4.79 Å². The highest BCUT2D eigenvalue weighted by Gasteiger charge is 2.10. The minimum atomic E-state index is -0.333. The number of thiophene rings is 1. The predicted octanol–water partition coefficient (Wildman–Crippen LogP) is 4.05. The Bertz CT molecular complexity index is 1220. The average Bonchev–Trinajstić information content (AvgIpc) is 3.44. The third-order valence-electron chi connectivity index (χ3n) is 3.88. The van der Waals surface area contributed by atoms with E-state index in [2.05, 4.69) is 27.5 Å². The van der Waals surface area contributed by atoms with E-state index < -0.39 is 0 Å². The number of benzene rings is 1. The summed E-state index contributed by atoms with van der Waals surface area (Å²) in [6.07, 6.45) is 1.74. The Hall–Kier alpha value is -3.59. The van der Waals surface area contributed by atoms with Crippen LogP contribution in [0, 0.1) is 23.2 Å². The Morgan fingerprint density at radius 2 is 2.00 bits per heavy atom. The van der Waals surface area contributed by atoms with Gasteiger partial charge in [0.05, 0.1) is 30.1 Å². The first-order valence-electron chi connectivity index (χ1n) is 8.26. The summed E-state index contributed by atoms with van der Waals surface area (Å²) in [6, 6.07) is 10.4. The molecule has 0 saturated heterocycles. The average molecular weight is 403 g/mol. The molecule has 4 aromatic rings. The van der Waals surface area contributed by atoms with E-state index in [-0.39, 0.29) is 6.03 Å². The van der Waals surface area contributed by atoms with Crippen LogP contribution in [0.4, 0.5) is 10.5 Å². The molecule has 2 N–H and O–H groups in total. The number of carbonyl (C=O) groups excluding carboxylic acids is 1. The molecule has 0 saturated carbocycles. The van der Waals surface area contributed by atoms with Crippen molar-refractivity contribution in [3.8, 4) is 17.9 Å². The zero-order valence-corrected chi connectivity index (χ0v) is 16.1. The second-order valence-corrected chi connectivity index (χ2v) is 7.36. The van der Waals surface area contributed by atoms with Crippen molar-refractivity contribution >= 4 is 39.4 Å². The first-order valence-corrected chi connectivity index (χ1v) is 10.1. The number of nitriles is 1. The van der Waals surface area contributed by atoms with E-state index in [1.807, 2.05) is 32.7 Å². The third kappa shape index (κ3) is 3.89. The summed E-state index contributed by atoms with van der Waals surface area (Å²) >= 11 is 3.12. The molecule has 2 amide bonds. The Morgan fingerprint density at radius 3 is 2.75 bits per heavy atom. The van der Waals surface area contributed by atoms with Crippen molar-refractivity contribution in [3.63, 3.8) is 0 Å². The number of anilines is 1. The molecule has 28 heavy (non-hydrogen) atoms. The van der Waals surface area contributed by atoms with Crippen LogP contribution in [0.15, 0.2) is 52.7 Å². The van der Waals surface area contributed by atoms with Gasteiger partial charge >= 0.3 is 6.03 Å². The summed E-state index contributed by atoms with van der Waals surface area (Å²) < 4.78 is 1.95. The summed E-state index contributed by atoms with van der Waals surface area (Å²) in [5, 5.41) is 20.3. The third-order valence-corrected chi connectivity index (χ3v) is 5.40. The van der Waals surface area contributed by atoms with Crippen LogP contribution in [0.5, 0.6) is 0 Å². The predicted molar refractivity (Wildman–Crippen MR) is 110 cm³/mol. The number of hydrogen-bond donors (Lipinski definition) is 2. The van der Waals surface area contributed by atoms with Crippen LogP contribution in [-0.2, 0) is 6.54 Å². The molecule has 0 bridgehead atoms. The zero-order valence-electron chi connectivity index (χ0n) is 14.5. The van der Waals surface area contributed by atoms with Crippen molar-refractivity contribution in [2.75, 3.05) is 5.32 Å². The van der Waals surface area contributed by atoms with Gasteiger partial charge in [-0.15, -0.1) is 11.3 Å². The minimum Gasteiger partial charge on any atom is -0.332 e. The summed E-state index contributed by atoms with van der Waals surface area (Å²) in [6.45, 7) is 0.313. The van der Waals surface area contributed by atoms with Crippen molar-refractivity contribution in [1.29, 1.82) is 5.26 Å². The highest BCUT2D eigenvalue weighted by atomic mass is 32.1. The number of fused-ring (bicyclic) bond motifs is 1. The van der Waals surface area contributed by atoms with Crippen LogP contribution >= 0.6 is 22.7 Å². The van der Waals surface area contributed by atoms with E-state index in [1.165, 1.54) is 11.3 Å². The molecule has 0 aliphatic heterocycles. The van der Waals surface area contributed by atoms with Gasteiger partial charge in [0.2, 0.25) is 0 Å². The Morgan fingerprint density at radius 1 is 1.14 bits per heavy atom. The number of aromatic nitrogens is 2. The summed E-state index contributed by atoms with van der Waals surface area (Å²) in [5.41, 5.74) is 3.83. The lowest BCUT2D eigenvalue weighted by atomic mass is 10.2. The molecule has 0 aliphatic carbocycles. The molecule has 0 spiro atoms. The van der Waals surface area contributed by atoms with E-state index >= 15 is 0 Å². The SMILES string of the molecule is N#Cc1ccc(NC(=O)NCc2cnc3scc(C#Cc4ccsc4)n23)cc1. The molecule has 3 aromatic heterocycles. The molecule has 0 unspecified atom stereocenters. The molecule has 4 rings (SSSR count). The molecular weight excluding hydrogens is 390 g/mol. The molecule has 0 fully saturated rings. The van der Waals surface area contributed by atoms with Crippen LogP contribution in [0.2, 0.25) is 0 Å². The molecule has 1 aromatic carbocycles. The maximum atomic E-state index is 12.2. The highest BCUT2D eigenvalue weighted by Crippen LogP contribution is 2.18. The van der Waals surface area contributed by atoms with Gasteiger partial charge in [0, 0.05) is 22.0 Å². The van der Waals surface area contributed by atoms with Crippen molar-refractivity contribution in [2.24, 2.45) is 0 Å². The maximum absolute atomic E-state index is 12.2. The quantitative estimate of drug-likeness (QED) is 0.506. The van der Waals surface area contributed by atoms with Gasteiger partial charge in [0.25, 0.3) is 0 Å². The topological polar surface area (TPSA) is 82.2 Å². The van der Waals surface area contributed by atoms with Gasteiger partial charge < -0.3 is 10.6 Å². The monoisotopic (exact) mass is 403 g/mol. The molecule has 3 heterocycles. The van der Waals surface area contributed by atoms with E-state index in [1.54, 1.807) is 41.8 Å². The number of nitrogens with zero attached hydrogens (tertiary/aromatic N) is 3. The van der Waals surface area contributed by atoms with Crippen LogP contribution in [0.1, 0.15) is 22.5 Å². The summed E-state index contributed by atoms with van der Waals surface area (Å²) in [5.74, 6) is 6.31. The van der Waals surface area contributed by atoms with Gasteiger partial charge in [0.1, 0.15) is 5.69 Å². The fraction of sp³-hybridized carbons (Fsp3) is 0.0500. The largest absolute Gasteiger partial charge is 0.332 e. The molecule has 8 heteroatoms. The van der Waals surface area contributed by atoms with Gasteiger partial charge in [-0.3, -0.25) is 4.40 Å². The van der Waals surface area contributed by atoms with Crippen molar-refractivity contribution in [1.82, 2.24) is 14.7 Å². The number of nitrogens with one attached hydrogen (secondary N) is 2. The molecule has 136 valence electrons. The first kappa shape index (κ1) is 17.8. The van der Waals surface area contributed by atoms with Crippen LogP contribution < -0.4 is 10.6 Å². The Balaban J connectivity index is 1.45. The summed E-state index contributed by atoms with van der Waals surface area (Å²) in [7, 11) is 0. The molecule has 0 aliphatic rings. The lowest BCUT2D eigenvalue weighted by Gasteiger charge is -2.07. The van der Waals surface area contributed by atoms with Crippen molar-refractivity contribution in [2.45, 2.75) is 6.54 Å². The fourth-order valence-electron chi connectivity index (χ4n) is 2.53. The normalized spacial score (nSPS) is 10.1. The van der Waals surface area contributed by atoms with Gasteiger partial charge in [-0.25, -0.2) is 9.78 Å². The van der Waals surface area contributed by atoms with Crippen LogP contribution in [0.25, 0.3) is 4.96 Å². The lowest BCUT2D eigenvalue weighted by molar-refractivity contribution is 0.251. The van der Waals surface area contributed by atoms with Crippen LogP contribution in [-0.4, -0.2) is 15.4 Å². The van der Waals surface area contributed by atoms with Crippen molar-refractivity contribution < 1.29 is 4.79 Å². The zero-order chi connectivity index (χ0) is 19.3. The number of carbonyl (C=O) groups is 1. The second-order valence-electron chi connectivity index (χ2n) is 5.75. The van der Waals surface area contributed by atoms with Gasteiger partial charge in [-0.1, -0.05) is 5.92 Å². The number of urea groups is 1. The molecular formula is C20H13N5OS2. The maximum Gasteiger partial charge on any atom is 0.319 e. The molecule has 0 radical (unpaired) electrons. The Kier molecular flexibility index (Phi) is 5.07. The van der Waals surface area contributed by atoms with Gasteiger partial charge in [-0.2, -0.15) is 16.6 Å². The Labute approximate surface area is 169 Å². The summed E-state index contributed by atoms with van der Waals surface area (Å²) in [4.78, 5) is 17.4. The van der Waals surface area contributed by atoms with E-state index in [0.29, 0.717) is 17.8 Å². The number of hydrogen-bond acceptors (Lipinski definition) is 5. The number of rotatable bonds is 3. The van der Waals surface area contributed by atoms with Gasteiger partial charge in [0.15, 0.2) is 4.96 Å². The number of amides is 2. The number of imidazole rings is 1. The van der Waals surface area contributed by atoms with E-state index in [0.717, 1.165) is 21.9 Å². The minimum absolute atomic E-state index is 0.313. The smallest absolute Gasteiger partial charge is 0.319 e. The van der Waals surface area contributed by atoms with E-state index in [4.69, 9.17) is 5.26 Å². The standard InChI is InChI=1S/C20H13N5OS2/c21-9-14-1-4-16(5-2-14)24-19(26)22-10-18-11-23-20-25(18)17(13-28-20)6-3-15-7-8-27-12-15/h1-2,4-5,7-8,11-13H,10H2,(H2,22,24,26). The van der Waals surface area contributed by atoms with Crippen molar-refractivity contribution in [3.05, 3.63) is 75.2 Å². The molecule has 0 atom stereocenters. The lowest BCUT2D eigenvalue weighted by Crippen LogP contribution is -2.28. The molecule has 6 nitrogen and oxygen atoms in total. The number of thiazole rings is 1. The first-order chi connectivity index (χ1) is 13.7. The second kappa shape index (κ2) is 7.97. The van der Waals surface area contributed by atoms with Crippen LogP contribution in [0.3, 0.4) is 0 Å².